The number of halogens is 1. The molecule has 0 radical (unpaired) electrons. The molecule has 41 heavy (non-hydrogen) atoms. The van der Waals surface area contributed by atoms with E-state index in [9.17, 15) is 9.18 Å². The van der Waals surface area contributed by atoms with Gasteiger partial charge in [-0.3, -0.25) is 4.79 Å². The van der Waals surface area contributed by atoms with Crippen LogP contribution in [0.25, 0.3) is 0 Å². The molecule has 0 aliphatic carbocycles. The van der Waals surface area contributed by atoms with Gasteiger partial charge in [-0.1, -0.05) is 31.2 Å². The Morgan fingerprint density at radius 1 is 0.951 bits per heavy atom. The van der Waals surface area contributed by atoms with Gasteiger partial charge in [0.05, 0.1) is 20.3 Å². The first-order valence-electron chi connectivity index (χ1n) is 14.6. The predicted molar refractivity (Wildman–Crippen MR) is 160 cm³/mol. The number of hydrogen-bond donors (Lipinski definition) is 1. The zero-order valence-electron chi connectivity index (χ0n) is 24.4. The van der Waals surface area contributed by atoms with Crippen LogP contribution in [0.5, 0.6) is 11.5 Å². The van der Waals surface area contributed by atoms with Crippen LogP contribution in [0.15, 0.2) is 60.7 Å². The molecule has 1 N–H and O–H groups in total. The average molecular weight is 561 g/mol. The maximum absolute atomic E-state index is 13.9. The number of benzene rings is 3. The van der Waals surface area contributed by atoms with E-state index >= 15 is 0 Å². The molecule has 2 aliphatic rings. The predicted octanol–water partition coefficient (Wildman–Crippen LogP) is 5.25. The number of piperazine rings is 1. The number of nitrogens with one attached hydrogen (secondary N) is 1. The second-order valence-electron chi connectivity index (χ2n) is 10.7. The van der Waals surface area contributed by atoms with Gasteiger partial charge in [0, 0.05) is 56.1 Å². The van der Waals surface area contributed by atoms with E-state index in [4.69, 9.17) is 9.47 Å². The molecule has 2 aliphatic heterocycles. The summed E-state index contributed by atoms with van der Waals surface area (Å²) in [6.07, 6.45) is 1.66. The Labute approximate surface area is 242 Å². The molecule has 7 nitrogen and oxygen atoms in total. The van der Waals surface area contributed by atoms with Crippen LogP contribution >= 0.6 is 0 Å². The molecule has 1 fully saturated rings. The highest BCUT2D eigenvalue weighted by atomic mass is 19.1. The smallest absolute Gasteiger partial charge is 0.255 e. The van der Waals surface area contributed by atoms with E-state index in [1.807, 2.05) is 35.2 Å². The van der Waals surface area contributed by atoms with Crippen molar-refractivity contribution in [3.05, 3.63) is 88.7 Å². The van der Waals surface area contributed by atoms with E-state index in [-0.39, 0.29) is 17.8 Å². The van der Waals surface area contributed by atoms with Crippen LogP contribution < -0.4 is 19.7 Å². The van der Waals surface area contributed by atoms with E-state index < -0.39 is 0 Å². The summed E-state index contributed by atoms with van der Waals surface area (Å²) < 4.78 is 24.3. The molecular formula is C33H41FN4O3. The fourth-order valence-electron chi connectivity index (χ4n) is 6.01. The van der Waals surface area contributed by atoms with Crippen LogP contribution in [0, 0.1) is 5.82 Å². The second kappa shape index (κ2) is 13.4. The summed E-state index contributed by atoms with van der Waals surface area (Å²) in [7, 11) is 3.27. The SMILES string of the molecule is CCN1CCN(c2cccc3c2CN([C@H](CCCNCc2ccc(F)cc2)c2ccc(OC)c(OC)c2)C3=O)CC1. The zero-order chi connectivity index (χ0) is 28.8. The molecule has 2 heterocycles. The number of carbonyl (C=O) groups is 1. The third-order valence-corrected chi connectivity index (χ3v) is 8.37. The highest BCUT2D eigenvalue weighted by molar-refractivity contribution is 6.00. The molecular weight excluding hydrogens is 519 g/mol. The summed E-state index contributed by atoms with van der Waals surface area (Å²) in [4.78, 5) is 20.8. The summed E-state index contributed by atoms with van der Waals surface area (Å²) in [6, 6.07) is 18.6. The van der Waals surface area contributed by atoms with Crippen LogP contribution in [-0.2, 0) is 13.1 Å². The summed E-state index contributed by atoms with van der Waals surface area (Å²) in [6.45, 7) is 9.33. The zero-order valence-corrected chi connectivity index (χ0v) is 24.4. The first-order chi connectivity index (χ1) is 20.0. The maximum atomic E-state index is 13.9. The van der Waals surface area contributed by atoms with Crippen LogP contribution in [0.1, 0.15) is 52.9 Å². The summed E-state index contributed by atoms with van der Waals surface area (Å²) >= 11 is 0. The Kier molecular flexibility index (Phi) is 9.42. The Balaban J connectivity index is 1.34. The molecule has 8 heteroatoms. The highest BCUT2D eigenvalue weighted by Crippen LogP contribution is 2.40. The van der Waals surface area contributed by atoms with Gasteiger partial charge in [0.1, 0.15) is 5.82 Å². The van der Waals surface area contributed by atoms with E-state index in [2.05, 4.69) is 28.1 Å². The van der Waals surface area contributed by atoms with Crippen molar-refractivity contribution in [2.24, 2.45) is 0 Å². The Bertz CT molecular complexity index is 1320. The normalized spacial score (nSPS) is 16.1. The molecule has 5 rings (SSSR count). The van der Waals surface area contributed by atoms with Crippen molar-refractivity contribution in [1.82, 2.24) is 15.1 Å². The van der Waals surface area contributed by atoms with Crippen molar-refractivity contribution in [2.75, 3.05) is 58.4 Å². The van der Waals surface area contributed by atoms with Gasteiger partial charge in [-0.05, 0) is 73.5 Å². The molecule has 1 atom stereocenters. The fourth-order valence-corrected chi connectivity index (χ4v) is 6.01. The van der Waals surface area contributed by atoms with Crippen LogP contribution in [0.2, 0.25) is 0 Å². The molecule has 0 aromatic heterocycles. The molecule has 1 amide bonds. The molecule has 1 saturated heterocycles. The van der Waals surface area contributed by atoms with Crippen molar-refractivity contribution >= 4 is 11.6 Å². The third-order valence-electron chi connectivity index (χ3n) is 8.37. The molecule has 0 saturated carbocycles. The van der Waals surface area contributed by atoms with Crippen LogP contribution in [0.3, 0.4) is 0 Å². The van der Waals surface area contributed by atoms with Gasteiger partial charge in [0.15, 0.2) is 11.5 Å². The number of amides is 1. The van der Waals surface area contributed by atoms with E-state index in [0.29, 0.717) is 24.6 Å². The standard InChI is InChI=1S/C33H41FN4O3/c1-4-36-17-19-37(20-18-36)30-8-5-7-27-28(30)23-38(33(27)39)29(25-12-15-31(40-2)32(21-25)41-3)9-6-16-35-22-24-10-13-26(34)14-11-24/h5,7-8,10-15,21,29,35H,4,6,9,16-20,22-23H2,1-3H3/t29-/m1/s1. The summed E-state index contributed by atoms with van der Waals surface area (Å²) in [5, 5.41) is 3.47. The van der Waals surface area contributed by atoms with Crippen molar-refractivity contribution in [3.8, 4) is 11.5 Å². The number of fused-ring (bicyclic) bond motifs is 1. The Morgan fingerprint density at radius 3 is 2.41 bits per heavy atom. The number of methoxy groups -OCH3 is 2. The minimum Gasteiger partial charge on any atom is -0.493 e. The summed E-state index contributed by atoms with van der Waals surface area (Å²) in [5.74, 6) is 1.17. The Morgan fingerprint density at radius 2 is 1.71 bits per heavy atom. The monoisotopic (exact) mass is 560 g/mol. The van der Waals surface area contributed by atoms with E-state index in [0.717, 1.165) is 74.4 Å². The lowest BCUT2D eigenvalue weighted by Gasteiger charge is -2.36. The first-order valence-corrected chi connectivity index (χ1v) is 14.6. The van der Waals surface area contributed by atoms with Crippen molar-refractivity contribution in [3.63, 3.8) is 0 Å². The molecule has 0 bridgehead atoms. The second-order valence-corrected chi connectivity index (χ2v) is 10.7. The quantitative estimate of drug-likeness (QED) is 0.306. The average Bonchev–Trinajstić information content (AvgIpc) is 3.35. The number of likely N-dealkylation sites (N-methyl/N-ethyl adjacent to an activating group) is 1. The van der Waals surface area contributed by atoms with Gasteiger partial charge in [-0.15, -0.1) is 0 Å². The van der Waals surface area contributed by atoms with E-state index in [1.165, 1.54) is 17.8 Å². The third kappa shape index (κ3) is 6.49. The van der Waals surface area contributed by atoms with Gasteiger partial charge in [0.2, 0.25) is 0 Å². The van der Waals surface area contributed by atoms with Gasteiger partial charge >= 0.3 is 0 Å². The molecule has 3 aromatic carbocycles. The van der Waals surface area contributed by atoms with E-state index in [1.54, 1.807) is 26.4 Å². The van der Waals surface area contributed by atoms with Gasteiger partial charge in [-0.2, -0.15) is 0 Å². The van der Waals surface area contributed by atoms with Crippen molar-refractivity contribution in [1.29, 1.82) is 0 Å². The van der Waals surface area contributed by atoms with Gasteiger partial charge < -0.3 is 29.5 Å². The minimum atomic E-state index is -0.228. The van der Waals surface area contributed by atoms with Gasteiger partial charge in [0.25, 0.3) is 5.91 Å². The van der Waals surface area contributed by atoms with Crippen LogP contribution in [0.4, 0.5) is 10.1 Å². The molecule has 3 aromatic rings. The first kappa shape index (κ1) is 28.9. The van der Waals surface area contributed by atoms with Gasteiger partial charge in [-0.25, -0.2) is 4.39 Å². The molecule has 0 unspecified atom stereocenters. The van der Waals surface area contributed by atoms with Crippen molar-refractivity contribution in [2.45, 2.75) is 38.9 Å². The van der Waals surface area contributed by atoms with Crippen molar-refractivity contribution < 1.29 is 18.7 Å². The lowest BCUT2D eigenvalue weighted by Crippen LogP contribution is -2.46. The Hall–Kier alpha value is -3.62. The number of anilines is 1. The number of rotatable bonds is 12. The lowest BCUT2D eigenvalue weighted by molar-refractivity contribution is 0.0689. The van der Waals surface area contributed by atoms with Crippen LogP contribution in [-0.4, -0.2) is 69.2 Å². The largest absolute Gasteiger partial charge is 0.493 e. The molecule has 0 spiro atoms. The lowest BCUT2D eigenvalue weighted by atomic mass is 9.99. The highest BCUT2D eigenvalue weighted by Gasteiger charge is 2.36. The number of nitrogens with zero attached hydrogens (tertiary/aromatic N) is 3. The topological polar surface area (TPSA) is 57.3 Å². The number of hydrogen-bond acceptors (Lipinski definition) is 6. The number of ether oxygens (including phenoxy) is 2. The molecule has 218 valence electrons. The fraction of sp³-hybridized carbons (Fsp3) is 0.424. The maximum Gasteiger partial charge on any atom is 0.255 e. The number of carbonyl (C=O) groups excluding carboxylic acids is 1. The minimum absolute atomic E-state index is 0.0769. The summed E-state index contributed by atoms with van der Waals surface area (Å²) in [5.41, 5.74) is 5.18.